The number of amides is 2. The lowest BCUT2D eigenvalue weighted by Gasteiger charge is -2.29. The van der Waals surface area contributed by atoms with Crippen molar-refractivity contribution in [1.29, 1.82) is 5.26 Å². The fourth-order valence-electron chi connectivity index (χ4n) is 2.24. The minimum Gasteiger partial charge on any atom is -0.444 e. The Morgan fingerprint density at radius 3 is 2.64 bits per heavy atom. The largest absolute Gasteiger partial charge is 0.444 e. The zero-order valence-corrected chi connectivity index (χ0v) is 13.8. The van der Waals surface area contributed by atoms with Crippen LogP contribution in [0.3, 0.4) is 0 Å². The lowest BCUT2D eigenvalue weighted by molar-refractivity contribution is -0.132. The number of likely N-dealkylation sites (tertiary alicyclic amines) is 1. The zero-order valence-electron chi connectivity index (χ0n) is 13.8. The number of ether oxygens (including phenoxy) is 2. The van der Waals surface area contributed by atoms with E-state index in [1.165, 1.54) is 0 Å². The van der Waals surface area contributed by atoms with Gasteiger partial charge in [0.05, 0.1) is 18.2 Å². The van der Waals surface area contributed by atoms with E-state index in [4.69, 9.17) is 14.7 Å². The third-order valence-corrected chi connectivity index (χ3v) is 3.49. The van der Waals surface area contributed by atoms with E-state index in [-0.39, 0.29) is 25.2 Å². The summed E-state index contributed by atoms with van der Waals surface area (Å²) < 4.78 is 11.1. The van der Waals surface area contributed by atoms with Gasteiger partial charge in [0.1, 0.15) is 18.8 Å². The molecular formula is C15H25N3O4. The van der Waals surface area contributed by atoms with Crippen LogP contribution in [0.2, 0.25) is 0 Å². The van der Waals surface area contributed by atoms with Crippen molar-refractivity contribution in [3.63, 3.8) is 0 Å². The fraction of sp³-hybridized carbons (Fsp3) is 0.800. The van der Waals surface area contributed by atoms with Gasteiger partial charge in [-0.25, -0.2) is 4.79 Å². The van der Waals surface area contributed by atoms with E-state index in [2.05, 4.69) is 5.32 Å². The topological polar surface area (TPSA) is 91.7 Å². The highest BCUT2D eigenvalue weighted by molar-refractivity contribution is 5.77. The van der Waals surface area contributed by atoms with Crippen molar-refractivity contribution in [2.75, 3.05) is 26.2 Å². The first-order chi connectivity index (χ1) is 10.2. The highest BCUT2D eigenvalue weighted by Crippen LogP contribution is 2.29. The van der Waals surface area contributed by atoms with Crippen LogP contribution in [0.1, 0.15) is 40.5 Å². The lowest BCUT2D eigenvalue weighted by atomic mass is 10.00. The highest BCUT2D eigenvalue weighted by atomic mass is 16.6. The predicted octanol–water partition coefficient (Wildman–Crippen LogP) is 1.43. The maximum atomic E-state index is 12.1. The van der Waals surface area contributed by atoms with Crippen molar-refractivity contribution in [3.05, 3.63) is 0 Å². The number of hydrogen-bond acceptors (Lipinski definition) is 5. The number of nitrogens with zero attached hydrogens (tertiary/aromatic N) is 2. The molecule has 1 aliphatic rings. The van der Waals surface area contributed by atoms with Crippen molar-refractivity contribution < 1.29 is 19.1 Å². The van der Waals surface area contributed by atoms with Gasteiger partial charge in [0, 0.05) is 6.54 Å². The summed E-state index contributed by atoms with van der Waals surface area (Å²) in [5.41, 5.74) is -1.06. The van der Waals surface area contributed by atoms with E-state index in [1.807, 2.05) is 33.8 Å². The number of carbonyl (C=O) groups excluding carboxylic acids is 2. The first kappa shape index (κ1) is 18.2. The molecule has 0 radical (unpaired) electrons. The van der Waals surface area contributed by atoms with Gasteiger partial charge in [-0.15, -0.1) is 0 Å². The Hall–Kier alpha value is -1.81. The van der Waals surface area contributed by atoms with Crippen molar-refractivity contribution >= 4 is 12.0 Å². The average molecular weight is 311 g/mol. The summed E-state index contributed by atoms with van der Waals surface area (Å²) >= 11 is 0. The van der Waals surface area contributed by atoms with Crippen LogP contribution >= 0.6 is 0 Å². The predicted molar refractivity (Wildman–Crippen MR) is 80.0 cm³/mol. The number of nitrogens with one attached hydrogen (secondary N) is 1. The normalized spacial score (nSPS) is 21.3. The summed E-state index contributed by atoms with van der Waals surface area (Å²) in [6.07, 6.45) is 0.992. The van der Waals surface area contributed by atoms with Gasteiger partial charge in [-0.3, -0.25) is 4.79 Å². The Morgan fingerprint density at radius 2 is 2.09 bits per heavy atom. The van der Waals surface area contributed by atoms with Crippen molar-refractivity contribution in [2.45, 2.75) is 51.7 Å². The minimum atomic E-state index is -0.535. The lowest BCUT2D eigenvalue weighted by Crippen LogP contribution is -2.42. The number of rotatable bonds is 5. The van der Waals surface area contributed by atoms with Gasteiger partial charge < -0.3 is 19.7 Å². The average Bonchev–Trinajstić information content (AvgIpc) is 2.86. The van der Waals surface area contributed by atoms with Crippen LogP contribution in [0.15, 0.2) is 0 Å². The second-order valence-corrected chi connectivity index (χ2v) is 6.41. The summed E-state index contributed by atoms with van der Waals surface area (Å²) in [4.78, 5) is 25.2. The molecule has 7 nitrogen and oxygen atoms in total. The molecule has 1 rings (SSSR count). The SMILES string of the molecule is CCC1(OCC(=O)NCC#N)CCN(C(=O)OC(C)(C)C)C1. The third kappa shape index (κ3) is 5.53. The maximum Gasteiger partial charge on any atom is 0.410 e. The monoisotopic (exact) mass is 311 g/mol. The van der Waals surface area contributed by atoms with Gasteiger partial charge in [-0.05, 0) is 33.6 Å². The molecule has 0 aromatic rings. The van der Waals surface area contributed by atoms with Gasteiger partial charge in [0.25, 0.3) is 0 Å². The van der Waals surface area contributed by atoms with Crippen LogP contribution in [-0.4, -0.2) is 54.3 Å². The minimum absolute atomic E-state index is 0.0364. The van der Waals surface area contributed by atoms with Crippen LogP contribution in [0.25, 0.3) is 0 Å². The molecular weight excluding hydrogens is 286 g/mol. The van der Waals surface area contributed by atoms with Crippen LogP contribution < -0.4 is 5.32 Å². The highest BCUT2D eigenvalue weighted by Gasteiger charge is 2.41. The van der Waals surface area contributed by atoms with E-state index < -0.39 is 11.2 Å². The molecule has 0 aromatic carbocycles. The van der Waals surface area contributed by atoms with E-state index in [0.717, 1.165) is 0 Å². The van der Waals surface area contributed by atoms with Crippen LogP contribution in [0, 0.1) is 11.3 Å². The van der Waals surface area contributed by atoms with Crippen LogP contribution in [-0.2, 0) is 14.3 Å². The van der Waals surface area contributed by atoms with Crippen LogP contribution in [0.4, 0.5) is 4.79 Å². The molecule has 0 bridgehead atoms. The number of hydrogen-bond donors (Lipinski definition) is 1. The molecule has 1 N–H and O–H groups in total. The summed E-state index contributed by atoms with van der Waals surface area (Å²) in [6.45, 7) is 8.24. The molecule has 2 amide bonds. The standard InChI is InChI=1S/C15H25N3O4/c1-5-15(21-10-12(19)17-8-7-16)6-9-18(11-15)13(20)22-14(2,3)4/h5-6,8-11H2,1-4H3,(H,17,19). The molecule has 22 heavy (non-hydrogen) atoms. The van der Waals surface area contributed by atoms with E-state index in [9.17, 15) is 9.59 Å². The molecule has 1 saturated heterocycles. The molecule has 0 spiro atoms. The third-order valence-electron chi connectivity index (χ3n) is 3.49. The van der Waals surface area contributed by atoms with E-state index in [1.54, 1.807) is 4.90 Å². The van der Waals surface area contributed by atoms with Gasteiger partial charge in [-0.2, -0.15) is 5.26 Å². The molecule has 1 fully saturated rings. The summed E-state index contributed by atoms with van der Waals surface area (Å²) in [5, 5.41) is 10.8. The molecule has 124 valence electrons. The van der Waals surface area contributed by atoms with Gasteiger partial charge in [0.2, 0.25) is 5.91 Å². The molecule has 1 heterocycles. The fourth-order valence-corrected chi connectivity index (χ4v) is 2.24. The molecule has 1 aliphatic heterocycles. The van der Waals surface area contributed by atoms with Gasteiger partial charge in [0.15, 0.2) is 0 Å². The molecule has 0 aliphatic carbocycles. The van der Waals surface area contributed by atoms with Gasteiger partial charge >= 0.3 is 6.09 Å². The quantitative estimate of drug-likeness (QED) is 0.776. The Morgan fingerprint density at radius 1 is 1.41 bits per heavy atom. The first-order valence-corrected chi connectivity index (χ1v) is 7.47. The molecule has 7 heteroatoms. The first-order valence-electron chi connectivity index (χ1n) is 7.47. The summed E-state index contributed by atoms with van der Waals surface area (Å²) in [6, 6.07) is 1.84. The van der Waals surface area contributed by atoms with E-state index in [0.29, 0.717) is 25.9 Å². The zero-order chi connectivity index (χ0) is 16.8. The Labute approximate surface area is 131 Å². The smallest absolute Gasteiger partial charge is 0.410 e. The summed E-state index contributed by atoms with van der Waals surface area (Å²) in [5.74, 6) is -0.329. The molecule has 0 saturated carbocycles. The Bertz CT molecular complexity index is 453. The molecule has 1 atom stereocenters. The van der Waals surface area contributed by atoms with Crippen molar-refractivity contribution in [3.8, 4) is 6.07 Å². The van der Waals surface area contributed by atoms with Gasteiger partial charge in [-0.1, -0.05) is 6.92 Å². The van der Waals surface area contributed by atoms with Crippen LogP contribution in [0.5, 0.6) is 0 Å². The summed E-state index contributed by atoms with van der Waals surface area (Å²) in [7, 11) is 0. The Kier molecular flexibility index (Phi) is 6.18. The number of carbonyl (C=O) groups is 2. The second kappa shape index (κ2) is 7.45. The maximum absolute atomic E-state index is 12.1. The van der Waals surface area contributed by atoms with E-state index >= 15 is 0 Å². The second-order valence-electron chi connectivity index (χ2n) is 6.41. The Balaban J connectivity index is 2.53. The van der Waals surface area contributed by atoms with Crippen molar-refractivity contribution in [1.82, 2.24) is 10.2 Å². The number of nitriles is 1. The molecule has 1 unspecified atom stereocenters. The van der Waals surface area contributed by atoms with Crippen molar-refractivity contribution in [2.24, 2.45) is 0 Å². The molecule has 0 aromatic heterocycles.